The van der Waals surface area contributed by atoms with Crippen LogP contribution < -0.4 is 0 Å². The second kappa shape index (κ2) is 5.66. The minimum absolute atomic E-state index is 0.303. The third kappa shape index (κ3) is 2.99. The van der Waals surface area contributed by atoms with Crippen molar-refractivity contribution >= 4 is 5.78 Å². The molecule has 2 nitrogen and oxygen atoms in total. The number of aryl methyl sites for hydroxylation is 3. The highest BCUT2D eigenvalue weighted by Crippen LogP contribution is 2.24. The molecule has 0 bridgehead atoms. The van der Waals surface area contributed by atoms with Crippen LogP contribution in [0.25, 0.3) is 0 Å². The van der Waals surface area contributed by atoms with Crippen LogP contribution in [-0.4, -0.2) is 19.0 Å². The second-order valence-electron chi connectivity index (χ2n) is 5.46. The minimum Gasteiger partial charge on any atom is -0.381 e. The first kappa shape index (κ1) is 13.3. The van der Waals surface area contributed by atoms with Gasteiger partial charge in [0.05, 0.1) is 0 Å². The Morgan fingerprint density at radius 1 is 1.17 bits per heavy atom. The topological polar surface area (TPSA) is 26.3 Å². The molecule has 0 spiro atoms. The van der Waals surface area contributed by atoms with Crippen molar-refractivity contribution in [2.24, 2.45) is 5.92 Å². The van der Waals surface area contributed by atoms with Crippen LogP contribution in [0.3, 0.4) is 0 Å². The minimum atomic E-state index is 0.303. The number of carbonyl (C=O) groups excluding carboxylic acids is 1. The highest BCUT2D eigenvalue weighted by Gasteiger charge is 2.20. The Hall–Kier alpha value is -1.15. The van der Waals surface area contributed by atoms with E-state index in [2.05, 4.69) is 19.1 Å². The van der Waals surface area contributed by atoms with Crippen LogP contribution in [0.5, 0.6) is 0 Å². The van der Waals surface area contributed by atoms with Crippen molar-refractivity contribution in [2.45, 2.75) is 40.0 Å². The van der Waals surface area contributed by atoms with E-state index in [-0.39, 0.29) is 0 Å². The van der Waals surface area contributed by atoms with Gasteiger partial charge in [-0.25, -0.2) is 0 Å². The van der Waals surface area contributed by atoms with Gasteiger partial charge < -0.3 is 4.74 Å². The molecule has 2 heteroatoms. The number of ether oxygens (including phenoxy) is 1. The summed E-state index contributed by atoms with van der Waals surface area (Å²) in [5.74, 6) is 0.809. The van der Waals surface area contributed by atoms with Gasteiger partial charge in [-0.05, 0) is 50.7 Å². The van der Waals surface area contributed by atoms with E-state index in [0.717, 1.165) is 42.7 Å². The number of benzene rings is 1. The molecule has 1 aromatic rings. The Bertz CT molecular complexity index is 419. The average molecular weight is 246 g/mol. The van der Waals surface area contributed by atoms with E-state index in [4.69, 9.17) is 4.74 Å². The lowest BCUT2D eigenvalue weighted by Gasteiger charge is -2.22. The fourth-order valence-electron chi connectivity index (χ4n) is 2.93. The summed E-state index contributed by atoms with van der Waals surface area (Å²) >= 11 is 0. The van der Waals surface area contributed by atoms with Crippen molar-refractivity contribution < 1.29 is 9.53 Å². The quantitative estimate of drug-likeness (QED) is 0.761. The molecular formula is C16H22O2. The summed E-state index contributed by atoms with van der Waals surface area (Å²) in [6.07, 6.45) is 2.72. The van der Waals surface area contributed by atoms with Crippen LogP contribution in [0, 0.1) is 26.7 Å². The molecule has 2 rings (SSSR count). The van der Waals surface area contributed by atoms with E-state index < -0.39 is 0 Å². The van der Waals surface area contributed by atoms with E-state index in [9.17, 15) is 4.79 Å². The average Bonchev–Trinajstić information content (AvgIpc) is 2.28. The van der Waals surface area contributed by atoms with E-state index >= 15 is 0 Å². The molecule has 0 saturated carbocycles. The monoisotopic (exact) mass is 246 g/mol. The number of ketones is 1. The zero-order chi connectivity index (χ0) is 13.1. The largest absolute Gasteiger partial charge is 0.381 e. The van der Waals surface area contributed by atoms with Crippen LogP contribution in [0.15, 0.2) is 12.1 Å². The van der Waals surface area contributed by atoms with Gasteiger partial charge >= 0.3 is 0 Å². The first-order valence-corrected chi connectivity index (χ1v) is 6.76. The molecule has 0 aromatic heterocycles. The van der Waals surface area contributed by atoms with Gasteiger partial charge in [0, 0.05) is 25.2 Å². The van der Waals surface area contributed by atoms with Gasteiger partial charge in [-0.1, -0.05) is 17.7 Å². The Balaban J connectivity index is 2.13. The third-order valence-electron chi connectivity index (χ3n) is 3.77. The number of Topliss-reactive ketones (excluding diaryl/α,β-unsaturated/α-hetero) is 1. The van der Waals surface area contributed by atoms with Crippen molar-refractivity contribution in [1.29, 1.82) is 0 Å². The first-order chi connectivity index (χ1) is 8.58. The summed E-state index contributed by atoms with van der Waals surface area (Å²) in [6.45, 7) is 7.77. The van der Waals surface area contributed by atoms with Gasteiger partial charge in [0.15, 0.2) is 5.78 Å². The third-order valence-corrected chi connectivity index (χ3v) is 3.77. The van der Waals surface area contributed by atoms with Crippen molar-refractivity contribution in [3.05, 3.63) is 34.4 Å². The van der Waals surface area contributed by atoms with E-state index in [0.29, 0.717) is 18.1 Å². The molecule has 0 amide bonds. The fourth-order valence-corrected chi connectivity index (χ4v) is 2.93. The summed E-state index contributed by atoms with van der Waals surface area (Å²) in [7, 11) is 0. The summed E-state index contributed by atoms with van der Waals surface area (Å²) in [4.78, 5) is 12.4. The fraction of sp³-hybridized carbons (Fsp3) is 0.562. The SMILES string of the molecule is Cc1cc(C)c(C(=O)CC2CCOCC2)c(C)c1. The molecule has 1 aliphatic heterocycles. The highest BCUT2D eigenvalue weighted by molar-refractivity contribution is 5.99. The maximum absolute atomic E-state index is 12.4. The summed E-state index contributed by atoms with van der Waals surface area (Å²) in [6, 6.07) is 4.20. The molecule has 0 N–H and O–H groups in total. The number of hydrogen-bond acceptors (Lipinski definition) is 2. The molecule has 98 valence electrons. The summed E-state index contributed by atoms with van der Waals surface area (Å²) in [5, 5.41) is 0. The number of rotatable bonds is 3. The van der Waals surface area contributed by atoms with Crippen LogP contribution in [0.1, 0.15) is 46.3 Å². The molecular weight excluding hydrogens is 224 g/mol. The van der Waals surface area contributed by atoms with Crippen LogP contribution in [0.4, 0.5) is 0 Å². The summed E-state index contributed by atoms with van der Waals surface area (Å²) in [5.41, 5.74) is 4.40. The van der Waals surface area contributed by atoms with E-state index in [1.807, 2.05) is 13.8 Å². The lowest BCUT2D eigenvalue weighted by atomic mass is 9.88. The predicted octanol–water partition coefficient (Wildman–Crippen LogP) is 3.61. The maximum Gasteiger partial charge on any atom is 0.163 e. The van der Waals surface area contributed by atoms with Gasteiger partial charge in [0.25, 0.3) is 0 Å². The molecule has 0 atom stereocenters. The normalized spacial score (nSPS) is 16.8. The maximum atomic E-state index is 12.4. The molecule has 1 saturated heterocycles. The standard InChI is InChI=1S/C16H22O2/c1-11-8-12(2)16(13(3)9-11)15(17)10-14-4-6-18-7-5-14/h8-9,14H,4-7,10H2,1-3H3. The van der Waals surface area contributed by atoms with Crippen molar-refractivity contribution in [3.8, 4) is 0 Å². The van der Waals surface area contributed by atoms with Gasteiger partial charge in [0.1, 0.15) is 0 Å². The highest BCUT2D eigenvalue weighted by atomic mass is 16.5. The van der Waals surface area contributed by atoms with Crippen LogP contribution in [0.2, 0.25) is 0 Å². The smallest absolute Gasteiger partial charge is 0.163 e. The molecule has 0 unspecified atom stereocenters. The molecule has 1 heterocycles. The van der Waals surface area contributed by atoms with Crippen molar-refractivity contribution in [1.82, 2.24) is 0 Å². The van der Waals surface area contributed by atoms with Crippen molar-refractivity contribution in [2.75, 3.05) is 13.2 Å². The lowest BCUT2D eigenvalue weighted by molar-refractivity contribution is 0.0600. The number of hydrogen-bond donors (Lipinski definition) is 0. The zero-order valence-electron chi connectivity index (χ0n) is 11.6. The van der Waals surface area contributed by atoms with Gasteiger partial charge in [0.2, 0.25) is 0 Å². The van der Waals surface area contributed by atoms with Gasteiger partial charge in [-0.3, -0.25) is 4.79 Å². The van der Waals surface area contributed by atoms with E-state index in [1.54, 1.807) is 0 Å². The molecule has 0 radical (unpaired) electrons. The first-order valence-electron chi connectivity index (χ1n) is 6.76. The Morgan fingerprint density at radius 3 is 2.28 bits per heavy atom. The van der Waals surface area contributed by atoms with Gasteiger partial charge in [-0.2, -0.15) is 0 Å². The van der Waals surface area contributed by atoms with E-state index in [1.165, 1.54) is 5.56 Å². The second-order valence-corrected chi connectivity index (χ2v) is 5.46. The molecule has 18 heavy (non-hydrogen) atoms. The summed E-state index contributed by atoms with van der Waals surface area (Å²) < 4.78 is 5.34. The molecule has 1 aromatic carbocycles. The predicted molar refractivity (Wildman–Crippen MR) is 73.1 cm³/mol. The lowest BCUT2D eigenvalue weighted by Crippen LogP contribution is -2.19. The van der Waals surface area contributed by atoms with Crippen molar-refractivity contribution in [3.63, 3.8) is 0 Å². The van der Waals surface area contributed by atoms with Gasteiger partial charge in [-0.15, -0.1) is 0 Å². The molecule has 1 aliphatic rings. The molecule has 0 aliphatic carbocycles. The number of carbonyl (C=O) groups is 1. The van der Waals surface area contributed by atoms with Crippen LogP contribution in [-0.2, 0) is 4.74 Å². The Morgan fingerprint density at radius 2 is 1.72 bits per heavy atom. The molecule has 1 fully saturated rings. The Labute approximate surface area is 109 Å². The zero-order valence-corrected chi connectivity index (χ0v) is 11.6. The Kier molecular flexibility index (Phi) is 4.18. The van der Waals surface area contributed by atoms with Crippen LogP contribution >= 0.6 is 0 Å².